The summed E-state index contributed by atoms with van der Waals surface area (Å²) in [4.78, 5) is 10.1. The summed E-state index contributed by atoms with van der Waals surface area (Å²) < 4.78 is 4.68. The topological polar surface area (TPSA) is 35.6 Å². The Morgan fingerprint density at radius 3 is 1.72 bits per heavy atom. The second-order valence-electron chi connectivity index (χ2n) is 12.7. The van der Waals surface area contributed by atoms with E-state index in [9.17, 15) is 0 Å². The van der Waals surface area contributed by atoms with Crippen molar-refractivity contribution in [3.8, 4) is 45.3 Å². The number of hydrogen-bond acceptors (Lipinski definition) is 2. The van der Waals surface area contributed by atoms with Crippen molar-refractivity contribution in [3.63, 3.8) is 0 Å². The lowest BCUT2D eigenvalue weighted by Crippen LogP contribution is -1.97. The molecule has 0 fully saturated rings. The van der Waals surface area contributed by atoms with E-state index in [2.05, 4.69) is 155 Å². The van der Waals surface area contributed by atoms with Gasteiger partial charge >= 0.3 is 0 Å². The molecule has 0 amide bonds. The molecule has 4 nitrogen and oxygen atoms in total. The molecule has 4 heteroatoms. The van der Waals surface area contributed by atoms with E-state index in [1.807, 2.05) is 36.4 Å². The summed E-state index contributed by atoms with van der Waals surface area (Å²) in [6.45, 7) is 0. The second-order valence-corrected chi connectivity index (χ2v) is 12.7. The predicted octanol–water partition coefficient (Wildman–Crippen LogP) is 11.7. The van der Waals surface area contributed by atoms with Crippen molar-refractivity contribution in [3.05, 3.63) is 182 Å². The molecule has 0 unspecified atom stereocenters. The van der Waals surface area contributed by atoms with Crippen LogP contribution in [0.1, 0.15) is 0 Å². The van der Waals surface area contributed by atoms with Crippen LogP contribution in [0.5, 0.6) is 0 Å². The molecule has 0 saturated heterocycles. The highest BCUT2D eigenvalue weighted by atomic mass is 15.0. The van der Waals surface area contributed by atoms with Gasteiger partial charge in [0.2, 0.25) is 0 Å². The standard InChI is InChI=1S/C46H30N4/c1-4-12-31(13-5-1)41-30-42(32-14-6-2-7-15-32)48-46(47-41)33-20-23-37(24-21-33)50-43-19-11-10-18-38(43)39-25-22-34-29-44-35(28-40(34)45(39)50)26-27-49(44)36-16-8-3-9-17-36/h1-30H. The SMILES string of the molecule is c1ccc(-c2cc(-c3ccccc3)nc(-c3ccc(-n4c5ccccc5c5ccc6cc7c(ccn7-c7ccccc7)cc6c54)cc3)n2)cc1. The highest BCUT2D eigenvalue weighted by Gasteiger charge is 2.17. The lowest BCUT2D eigenvalue weighted by Gasteiger charge is -2.12. The first kappa shape index (κ1) is 28.3. The molecular formula is C46H30N4. The molecule has 3 aromatic heterocycles. The van der Waals surface area contributed by atoms with Crippen molar-refractivity contribution in [1.29, 1.82) is 0 Å². The number of para-hydroxylation sites is 2. The number of hydrogen-bond donors (Lipinski definition) is 0. The zero-order valence-electron chi connectivity index (χ0n) is 27.1. The monoisotopic (exact) mass is 638 g/mol. The maximum Gasteiger partial charge on any atom is 0.160 e. The number of benzene rings is 7. The van der Waals surface area contributed by atoms with Crippen LogP contribution in [-0.2, 0) is 0 Å². The molecule has 0 saturated carbocycles. The predicted molar refractivity (Wildman–Crippen MR) is 207 cm³/mol. The quantitative estimate of drug-likeness (QED) is 0.188. The van der Waals surface area contributed by atoms with Crippen LogP contribution in [0.4, 0.5) is 0 Å². The van der Waals surface area contributed by atoms with Gasteiger partial charge in [-0.25, -0.2) is 9.97 Å². The Bertz CT molecular complexity index is 2770. The van der Waals surface area contributed by atoms with Crippen molar-refractivity contribution in [2.24, 2.45) is 0 Å². The molecule has 10 rings (SSSR count). The second kappa shape index (κ2) is 11.4. The zero-order chi connectivity index (χ0) is 33.0. The van der Waals surface area contributed by atoms with Gasteiger partial charge in [0, 0.05) is 55.8 Å². The summed E-state index contributed by atoms with van der Waals surface area (Å²) >= 11 is 0. The molecule has 0 aliphatic heterocycles. The number of nitrogens with zero attached hydrogens (tertiary/aromatic N) is 4. The van der Waals surface area contributed by atoms with E-state index in [1.165, 1.54) is 43.5 Å². The summed E-state index contributed by atoms with van der Waals surface area (Å²) in [5.41, 5.74) is 10.7. The normalized spacial score (nSPS) is 11.6. The average Bonchev–Trinajstić information content (AvgIpc) is 3.77. The van der Waals surface area contributed by atoms with Crippen molar-refractivity contribution < 1.29 is 0 Å². The van der Waals surface area contributed by atoms with E-state index >= 15 is 0 Å². The van der Waals surface area contributed by atoms with E-state index in [4.69, 9.17) is 9.97 Å². The fourth-order valence-electron chi connectivity index (χ4n) is 7.35. The van der Waals surface area contributed by atoms with Gasteiger partial charge in [-0.1, -0.05) is 109 Å². The van der Waals surface area contributed by atoms with Crippen molar-refractivity contribution >= 4 is 43.5 Å². The summed E-state index contributed by atoms with van der Waals surface area (Å²) in [6, 6.07) is 62.1. The number of fused-ring (bicyclic) bond motifs is 6. The van der Waals surface area contributed by atoms with Gasteiger partial charge in [-0.3, -0.25) is 0 Å². The third-order valence-corrected chi connectivity index (χ3v) is 9.74. The number of rotatable bonds is 5. The first-order chi connectivity index (χ1) is 24.8. The van der Waals surface area contributed by atoms with Gasteiger partial charge in [0.15, 0.2) is 5.82 Å². The summed E-state index contributed by atoms with van der Waals surface area (Å²) in [6.07, 6.45) is 2.17. The van der Waals surface area contributed by atoms with Crippen LogP contribution in [0.15, 0.2) is 182 Å². The molecule has 0 N–H and O–H groups in total. The van der Waals surface area contributed by atoms with Gasteiger partial charge in [-0.05, 0) is 72.1 Å². The van der Waals surface area contributed by atoms with E-state index in [1.54, 1.807) is 0 Å². The molecule has 0 aliphatic carbocycles. The van der Waals surface area contributed by atoms with Crippen LogP contribution in [-0.4, -0.2) is 19.1 Å². The fourth-order valence-corrected chi connectivity index (χ4v) is 7.35. The van der Waals surface area contributed by atoms with E-state index < -0.39 is 0 Å². The van der Waals surface area contributed by atoms with Crippen LogP contribution in [0.25, 0.3) is 88.8 Å². The Hall–Kier alpha value is -6.78. The highest BCUT2D eigenvalue weighted by molar-refractivity contribution is 6.20. The Labute approximate surface area is 289 Å². The summed E-state index contributed by atoms with van der Waals surface area (Å²) in [5, 5.41) is 6.13. The van der Waals surface area contributed by atoms with Crippen molar-refractivity contribution in [2.45, 2.75) is 0 Å². The molecule has 3 heterocycles. The molecule has 234 valence electrons. The first-order valence-electron chi connectivity index (χ1n) is 16.9. The molecular weight excluding hydrogens is 609 g/mol. The minimum absolute atomic E-state index is 0.703. The van der Waals surface area contributed by atoms with E-state index in [0.29, 0.717) is 5.82 Å². The van der Waals surface area contributed by atoms with Crippen LogP contribution in [0.3, 0.4) is 0 Å². The van der Waals surface area contributed by atoms with Gasteiger partial charge in [-0.2, -0.15) is 0 Å². The Morgan fingerprint density at radius 2 is 1.02 bits per heavy atom. The molecule has 50 heavy (non-hydrogen) atoms. The molecule has 0 atom stereocenters. The minimum Gasteiger partial charge on any atom is -0.317 e. The maximum atomic E-state index is 5.07. The van der Waals surface area contributed by atoms with Crippen LogP contribution in [0.2, 0.25) is 0 Å². The summed E-state index contributed by atoms with van der Waals surface area (Å²) in [7, 11) is 0. The largest absolute Gasteiger partial charge is 0.317 e. The zero-order valence-corrected chi connectivity index (χ0v) is 27.1. The summed E-state index contributed by atoms with van der Waals surface area (Å²) in [5.74, 6) is 0.703. The Balaban J connectivity index is 1.14. The van der Waals surface area contributed by atoms with Gasteiger partial charge in [-0.15, -0.1) is 0 Å². The van der Waals surface area contributed by atoms with Crippen LogP contribution < -0.4 is 0 Å². The van der Waals surface area contributed by atoms with Crippen LogP contribution >= 0.6 is 0 Å². The smallest absolute Gasteiger partial charge is 0.160 e. The molecule has 0 spiro atoms. The first-order valence-corrected chi connectivity index (χ1v) is 16.9. The molecule has 0 radical (unpaired) electrons. The third kappa shape index (κ3) is 4.61. The lowest BCUT2D eigenvalue weighted by molar-refractivity contribution is 1.13. The van der Waals surface area contributed by atoms with Gasteiger partial charge in [0.05, 0.1) is 27.9 Å². The maximum absolute atomic E-state index is 5.07. The Kier molecular flexibility index (Phi) is 6.46. The van der Waals surface area contributed by atoms with Crippen LogP contribution in [0, 0.1) is 0 Å². The fraction of sp³-hybridized carbons (Fsp3) is 0. The molecule has 7 aromatic carbocycles. The third-order valence-electron chi connectivity index (χ3n) is 9.74. The molecule has 0 aliphatic rings. The lowest BCUT2D eigenvalue weighted by atomic mass is 10.0. The van der Waals surface area contributed by atoms with Gasteiger partial charge in [0.1, 0.15) is 0 Å². The van der Waals surface area contributed by atoms with Crippen molar-refractivity contribution in [2.75, 3.05) is 0 Å². The highest BCUT2D eigenvalue weighted by Crippen LogP contribution is 2.39. The molecule has 10 aromatic rings. The van der Waals surface area contributed by atoms with E-state index in [-0.39, 0.29) is 0 Å². The molecule has 0 bridgehead atoms. The number of aromatic nitrogens is 4. The Morgan fingerprint density at radius 1 is 0.380 bits per heavy atom. The van der Waals surface area contributed by atoms with Gasteiger partial charge in [0.25, 0.3) is 0 Å². The average molecular weight is 639 g/mol. The minimum atomic E-state index is 0.703. The van der Waals surface area contributed by atoms with E-state index in [0.717, 1.165) is 39.5 Å². The van der Waals surface area contributed by atoms with Gasteiger partial charge < -0.3 is 9.13 Å². The van der Waals surface area contributed by atoms with Crippen molar-refractivity contribution in [1.82, 2.24) is 19.1 Å².